The molecule has 5 nitrogen and oxygen atoms in total. The quantitative estimate of drug-likeness (QED) is 0.787. The van der Waals surface area contributed by atoms with Crippen LogP contribution in [0.1, 0.15) is 25.1 Å². The molecule has 1 aliphatic heterocycles. The zero-order valence-corrected chi connectivity index (χ0v) is 14.2. The Morgan fingerprint density at radius 2 is 2.09 bits per heavy atom. The third-order valence-electron chi connectivity index (χ3n) is 4.32. The first-order valence-electron chi connectivity index (χ1n) is 7.98. The lowest BCUT2D eigenvalue weighted by Crippen LogP contribution is -2.44. The Morgan fingerprint density at radius 3 is 2.78 bits per heavy atom. The average Bonchev–Trinajstić information content (AvgIpc) is 3.20. The second-order valence-corrected chi connectivity index (χ2v) is 6.97. The molecule has 6 heteroatoms. The van der Waals surface area contributed by atoms with Crippen LogP contribution in [0.2, 0.25) is 0 Å². The number of nitrogens with zero attached hydrogens (tertiary/aromatic N) is 1. The average molecular weight is 330 g/mol. The van der Waals surface area contributed by atoms with Gasteiger partial charge in [0.2, 0.25) is 5.91 Å². The van der Waals surface area contributed by atoms with Crippen molar-refractivity contribution in [3.63, 3.8) is 0 Å². The first kappa shape index (κ1) is 16.1. The predicted octanol–water partition coefficient (Wildman–Crippen LogP) is 2.32. The monoisotopic (exact) mass is 330 g/mol. The van der Waals surface area contributed by atoms with Crippen molar-refractivity contribution in [2.45, 2.75) is 38.9 Å². The molecule has 2 aromatic rings. The molecular formula is C17H22N4OS. The SMILES string of the molecule is CCC1NNC(C(=O)NCc2cnc(-c3ccccc3)s2)C1C. The Morgan fingerprint density at radius 1 is 1.30 bits per heavy atom. The van der Waals surface area contributed by atoms with Gasteiger partial charge in [0.15, 0.2) is 0 Å². The molecule has 3 N–H and O–H groups in total. The van der Waals surface area contributed by atoms with Crippen LogP contribution in [0, 0.1) is 5.92 Å². The molecule has 1 aliphatic rings. The van der Waals surface area contributed by atoms with Crippen LogP contribution < -0.4 is 16.2 Å². The van der Waals surface area contributed by atoms with E-state index in [-0.39, 0.29) is 17.9 Å². The molecule has 3 unspecified atom stereocenters. The second-order valence-electron chi connectivity index (χ2n) is 5.86. The minimum absolute atomic E-state index is 0.0376. The second kappa shape index (κ2) is 7.21. The molecule has 23 heavy (non-hydrogen) atoms. The van der Waals surface area contributed by atoms with E-state index in [1.54, 1.807) is 11.3 Å². The lowest BCUT2D eigenvalue weighted by atomic mass is 9.94. The summed E-state index contributed by atoms with van der Waals surface area (Å²) >= 11 is 1.61. The molecule has 1 aromatic carbocycles. The topological polar surface area (TPSA) is 66.0 Å². The van der Waals surface area contributed by atoms with Gasteiger partial charge in [0.1, 0.15) is 11.0 Å². The lowest BCUT2D eigenvalue weighted by Gasteiger charge is -2.16. The lowest BCUT2D eigenvalue weighted by molar-refractivity contribution is -0.123. The van der Waals surface area contributed by atoms with Crippen LogP contribution >= 0.6 is 11.3 Å². The van der Waals surface area contributed by atoms with Gasteiger partial charge in [-0.25, -0.2) is 10.4 Å². The molecule has 0 radical (unpaired) electrons. The van der Waals surface area contributed by atoms with Gasteiger partial charge in [-0.05, 0) is 12.3 Å². The molecule has 3 rings (SSSR count). The number of benzene rings is 1. The van der Waals surface area contributed by atoms with E-state index in [4.69, 9.17) is 0 Å². The van der Waals surface area contributed by atoms with Gasteiger partial charge in [0.25, 0.3) is 0 Å². The summed E-state index contributed by atoms with van der Waals surface area (Å²) in [6.07, 6.45) is 2.85. The van der Waals surface area contributed by atoms with Gasteiger partial charge in [-0.2, -0.15) is 0 Å². The van der Waals surface area contributed by atoms with E-state index in [9.17, 15) is 4.79 Å². The van der Waals surface area contributed by atoms with Crippen molar-refractivity contribution in [3.8, 4) is 10.6 Å². The number of hydrogen-bond donors (Lipinski definition) is 3. The number of aromatic nitrogens is 1. The van der Waals surface area contributed by atoms with E-state index >= 15 is 0 Å². The van der Waals surface area contributed by atoms with Crippen LogP contribution in [0.25, 0.3) is 10.6 Å². The number of thiazole rings is 1. The van der Waals surface area contributed by atoms with Crippen LogP contribution in [0.5, 0.6) is 0 Å². The zero-order valence-electron chi connectivity index (χ0n) is 13.4. The smallest absolute Gasteiger partial charge is 0.239 e. The summed E-state index contributed by atoms with van der Waals surface area (Å²) in [4.78, 5) is 17.8. The molecule has 1 amide bonds. The largest absolute Gasteiger partial charge is 0.350 e. The number of rotatable bonds is 5. The van der Waals surface area contributed by atoms with Crippen molar-refractivity contribution in [1.29, 1.82) is 0 Å². The van der Waals surface area contributed by atoms with E-state index < -0.39 is 0 Å². The highest BCUT2D eigenvalue weighted by Gasteiger charge is 2.35. The number of amides is 1. The highest BCUT2D eigenvalue weighted by atomic mass is 32.1. The van der Waals surface area contributed by atoms with Gasteiger partial charge >= 0.3 is 0 Å². The van der Waals surface area contributed by atoms with Gasteiger partial charge in [0, 0.05) is 22.7 Å². The molecule has 3 atom stereocenters. The molecular weight excluding hydrogens is 308 g/mol. The standard InChI is InChI=1S/C17H22N4OS/c1-3-14-11(2)15(21-20-14)16(22)18-9-13-10-19-17(23-13)12-7-5-4-6-8-12/h4-8,10-11,14-15,20-21H,3,9H2,1-2H3,(H,18,22). The summed E-state index contributed by atoms with van der Waals surface area (Å²) in [6, 6.07) is 10.3. The van der Waals surface area contributed by atoms with E-state index in [1.807, 2.05) is 36.5 Å². The normalized spacial score (nSPS) is 23.8. The Balaban J connectivity index is 1.57. The number of nitrogens with one attached hydrogen (secondary N) is 3. The number of hydrazine groups is 1. The van der Waals surface area contributed by atoms with E-state index in [2.05, 4.69) is 35.0 Å². The fourth-order valence-electron chi connectivity index (χ4n) is 2.86. The van der Waals surface area contributed by atoms with Crippen molar-refractivity contribution in [3.05, 3.63) is 41.4 Å². The van der Waals surface area contributed by atoms with Crippen LogP contribution in [0.4, 0.5) is 0 Å². The summed E-state index contributed by atoms with van der Waals surface area (Å²) in [6.45, 7) is 4.75. The van der Waals surface area contributed by atoms with Gasteiger partial charge < -0.3 is 5.32 Å². The maximum Gasteiger partial charge on any atom is 0.239 e. The maximum absolute atomic E-state index is 12.3. The number of hydrogen-bond acceptors (Lipinski definition) is 5. The summed E-state index contributed by atoms with van der Waals surface area (Å²) in [5.41, 5.74) is 7.40. The number of carbonyl (C=O) groups is 1. The Hall–Kier alpha value is -1.76. The third kappa shape index (κ3) is 3.60. The molecule has 2 heterocycles. The van der Waals surface area contributed by atoms with E-state index in [0.717, 1.165) is 21.9 Å². The van der Waals surface area contributed by atoms with Crippen molar-refractivity contribution in [2.75, 3.05) is 0 Å². The predicted molar refractivity (Wildman–Crippen MR) is 92.7 cm³/mol. The molecule has 122 valence electrons. The molecule has 0 aliphatic carbocycles. The van der Waals surface area contributed by atoms with Crippen molar-refractivity contribution in [1.82, 2.24) is 21.2 Å². The van der Waals surface area contributed by atoms with Crippen molar-refractivity contribution >= 4 is 17.2 Å². The third-order valence-corrected chi connectivity index (χ3v) is 5.36. The highest BCUT2D eigenvalue weighted by Crippen LogP contribution is 2.24. The van der Waals surface area contributed by atoms with E-state index in [0.29, 0.717) is 12.6 Å². The molecule has 0 saturated carbocycles. The maximum atomic E-state index is 12.3. The first-order valence-corrected chi connectivity index (χ1v) is 8.79. The fraction of sp³-hybridized carbons (Fsp3) is 0.412. The summed E-state index contributed by atoms with van der Waals surface area (Å²) in [5.74, 6) is 0.317. The molecule has 1 saturated heterocycles. The van der Waals surface area contributed by atoms with Crippen molar-refractivity contribution in [2.24, 2.45) is 5.92 Å². The van der Waals surface area contributed by atoms with Crippen molar-refractivity contribution < 1.29 is 4.79 Å². The zero-order chi connectivity index (χ0) is 16.2. The highest BCUT2D eigenvalue weighted by molar-refractivity contribution is 7.15. The Bertz CT molecular complexity index is 658. The van der Waals surface area contributed by atoms with Crippen LogP contribution in [-0.2, 0) is 11.3 Å². The fourth-order valence-corrected chi connectivity index (χ4v) is 3.72. The van der Waals surface area contributed by atoms with Crippen LogP contribution in [0.3, 0.4) is 0 Å². The molecule has 0 spiro atoms. The van der Waals surface area contributed by atoms with Crippen LogP contribution in [-0.4, -0.2) is 23.0 Å². The van der Waals surface area contributed by atoms with Crippen LogP contribution in [0.15, 0.2) is 36.5 Å². The van der Waals surface area contributed by atoms with Gasteiger partial charge in [0.05, 0.1) is 6.54 Å². The minimum atomic E-state index is -0.179. The molecule has 0 bridgehead atoms. The van der Waals surface area contributed by atoms with Gasteiger partial charge in [-0.1, -0.05) is 44.2 Å². The number of carbonyl (C=O) groups excluding carboxylic acids is 1. The summed E-state index contributed by atoms with van der Waals surface area (Å²) in [5, 5.41) is 3.99. The Kier molecular flexibility index (Phi) is 5.05. The van der Waals surface area contributed by atoms with Gasteiger partial charge in [-0.15, -0.1) is 11.3 Å². The Labute approximate surface area is 140 Å². The summed E-state index contributed by atoms with van der Waals surface area (Å²) in [7, 11) is 0. The molecule has 1 aromatic heterocycles. The van der Waals surface area contributed by atoms with Gasteiger partial charge in [-0.3, -0.25) is 10.2 Å². The van der Waals surface area contributed by atoms with E-state index in [1.165, 1.54) is 0 Å². The first-order chi connectivity index (χ1) is 11.2. The minimum Gasteiger partial charge on any atom is -0.350 e. The summed E-state index contributed by atoms with van der Waals surface area (Å²) < 4.78 is 0. The molecule has 1 fully saturated rings.